The van der Waals surface area contributed by atoms with Crippen molar-refractivity contribution in [3.05, 3.63) is 53.5 Å². The number of nitrogens with one attached hydrogen (secondary N) is 1. The van der Waals surface area contributed by atoms with E-state index in [1.807, 2.05) is 35.4 Å². The number of nitrogens with zero attached hydrogens (tertiary/aromatic N) is 2. The van der Waals surface area contributed by atoms with Crippen LogP contribution in [0.3, 0.4) is 0 Å². The summed E-state index contributed by atoms with van der Waals surface area (Å²) in [7, 11) is 0. The highest BCUT2D eigenvalue weighted by Crippen LogP contribution is 2.23. The van der Waals surface area contributed by atoms with Gasteiger partial charge in [0.25, 0.3) is 5.91 Å². The third kappa shape index (κ3) is 3.07. The summed E-state index contributed by atoms with van der Waals surface area (Å²) >= 11 is 1.76. The van der Waals surface area contributed by atoms with Crippen LogP contribution in [0.1, 0.15) is 10.4 Å². The number of fused-ring (bicyclic) bond motifs is 1. The van der Waals surface area contributed by atoms with Gasteiger partial charge in [-0.1, -0.05) is 6.07 Å². The molecule has 6 heteroatoms. The van der Waals surface area contributed by atoms with E-state index in [2.05, 4.69) is 27.4 Å². The predicted molar refractivity (Wildman–Crippen MR) is 98.0 cm³/mol. The van der Waals surface area contributed by atoms with Gasteiger partial charge in [-0.3, -0.25) is 4.79 Å². The van der Waals surface area contributed by atoms with Crippen molar-refractivity contribution in [2.24, 2.45) is 0 Å². The van der Waals surface area contributed by atoms with Gasteiger partial charge in [0, 0.05) is 43.5 Å². The molecule has 0 unspecified atom stereocenters. The zero-order valence-corrected chi connectivity index (χ0v) is 14.2. The van der Waals surface area contributed by atoms with Gasteiger partial charge in [0.1, 0.15) is 0 Å². The zero-order chi connectivity index (χ0) is 14.9. The van der Waals surface area contributed by atoms with E-state index < -0.39 is 0 Å². The molecule has 1 fully saturated rings. The van der Waals surface area contributed by atoms with Crippen LogP contribution in [-0.2, 0) is 0 Å². The molecule has 4 nitrogen and oxygen atoms in total. The van der Waals surface area contributed by atoms with Crippen LogP contribution in [0.5, 0.6) is 0 Å². The summed E-state index contributed by atoms with van der Waals surface area (Å²) < 4.78 is 0. The number of hydrogen-bond donors (Lipinski definition) is 1. The Kier molecular flexibility index (Phi) is 4.59. The number of hydrogen-bond acceptors (Lipinski definition) is 3. The topological polar surface area (TPSA) is 39.3 Å². The fourth-order valence-corrected chi connectivity index (χ4v) is 3.73. The molecule has 1 saturated heterocycles. The van der Waals surface area contributed by atoms with E-state index in [1.54, 1.807) is 11.3 Å². The Balaban J connectivity index is 0.00000156. The summed E-state index contributed by atoms with van der Waals surface area (Å²) in [5.74, 6) is 0.127. The largest absolute Gasteiger partial charge is 0.361 e. The summed E-state index contributed by atoms with van der Waals surface area (Å²) in [5, 5.41) is 4.53. The van der Waals surface area contributed by atoms with Crippen molar-refractivity contribution in [3.63, 3.8) is 0 Å². The molecule has 3 aromatic rings. The van der Waals surface area contributed by atoms with Gasteiger partial charge in [-0.25, -0.2) is 0 Å². The third-order valence-corrected chi connectivity index (χ3v) is 5.12. The smallest absolute Gasteiger partial charge is 0.254 e. The Morgan fingerprint density at radius 3 is 2.65 bits per heavy atom. The number of benzene rings is 1. The lowest BCUT2D eigenvalue weighted by Gasteiger charge is -2.35. The quantitative estimate of drug-likeness (QED) is 0.769. The van der Waals surface area contributed by atoms with Crippen molar-refractivity contribution in [1.29, 1.82) is 0 Å². The second-order valence-electron chi connectivity index (χ2n) is 5.51. The summed E-state index contributed by atoms with van der Waals surface area (Å²) in [4.78, 5) is 20.1. The first-order chi connectivity index (χ1) is 10.8. The minimum Gasteiger partial charge on any atom is -0.361 e. The highest BCUT2D eigenvalue weighted by Gasteiger charge is 2.22. The second kappa shape index (κ2) is 6.64. The van der Waals surface area contributed by atoms with Crippen molar-refractivity contribution in [3.8, 4) is 0 Å². The number of carbonyl (C=O) groups is 1. The lowest BCUT2D eigenvalue weighted by molar-refractivity contribution is 0.0747. The maximum Gasteiger partial charge on any atom is 0.254 e. The van der Waals surface area contributed by atoms with Crippen LogP contribution in [0, 0.1) is 0 Å². The highest BCUT2D eigenvalue weighted by atomic mass is 35.5. The normalized spacial score (nSPS) is 14.8. The van der Waals surface area contributed by atoms with Crippen LogP contribution >= 0.6 is 23.7 Å². The van der Waals surface area contributed by atoms with E-state index in [-0.39, 0.29) is 18.3 Å². The van der Waals surface area contributed by atoms with E-state index >= 15 is 0 Å². The maximum atomic E-state index is 12.7. The number of thiophene rings is 1. The fraction of sp³-hybridized carbons (Fsp3) is 0.235. The molecule has 0 spiro atoms. The van der Waals surface area contributed by atoms with Gasteiger partial charge in [-0.05, 0) is 41.1 Å². The molecule has 0 radical (unpaired) electrons. The molecule has 0 saturated carbocycles. The zero-order valence-electron chi connectivity index (χ0n) is 12.6. The SMILES string of the molecule is Cl.O=C(c1ccc2cc[nH]c2c1)N1CCN(c2cccs2)CC1. The van der Waals surface area contributed by atoms with Gasteiger partial charge in [-0.15, -0.1) is 23.7 Å². The Bertz CT molecular complexity index is 791. The monoisotopic (exact) mass is 347 g/mol. The second-order valence-corrected chi connectivity index (χ2v) is 6.44. The van der Waals surface area contributed by atoms with Gasteiger partial charge >= 0.3 is 0 Å². The molecule has 0 atom stereocenters. The summed E-state index contributed by atoms with van der Waals surface area (Å²) in [6.07, 6.45) is 1.90. The number of H-pyrrole nitrogens is 1. The average Bonchev–Trinajstić information content (AvgIpc) is 3.25. The molecule has 1 aromatic carbocycles. The van der Waals surface area contributed by atoms with E-state index in [4.69, 9.17) is 0 Å². The van der Waals surface area contributed by atoms with Crippen molar-refractivity contribution in [2.45, 2.75) is 0 Å². The van der Waals surface area contributed by atoms with Gasteiger partial charge in [-0.2, -0.15) is 0 Å². The molecule has 1 aliphatic rings. The summed E-state index contributed by atoms with van der Waals surface area (Å²) in [6.45, 7) is 3.35. The summed E-state index contributed by atoms with van der Waals surface area (Å²) in [5.41, 5.74) is 1.78. The van der Waals surface area contributed by atoms with E-state index in [9.17, 15) is 4.79 Å². The fourth-order valence-electron chi connectivity index (χ4n) is 2.94. The van der Waals surface area contributed by atoms with Crippen LogP contribution in [0.25, 0.3) is 10.9 Å². The minimum atomic E-state index is 0. The Labute approximate surface area is 145 Å². The Hall–Kier alpha value is -1.98. The van der Waals surface area contributed by atoms with E-state index in [0.29, 0.717) is 0 Å². The molecule has 3 heterocycles. The molecular formula is C17H18ClN3OS. The standard InChI is InChI=1S/C17H17N3OS.ClH/c21-17(14-4-3-13-5-6-18-15(13)12-14)20-9-7-19(8-10-20)16-2-1-11-22-16;/h1-6,11-12,18H,7-10H2;1H. The first-order valence-corrected chi connectivity index (χ1v) is 8.34. The number of piperazine rings is 1. The van der Waals surface area contributed by atoms with Crippen molar-refractivity contribution < 1.29 is 4.79 Å². The molecule has 1 N–H and O–H groups in total. The van der Waals surface area contributed by atoms with Crippen LogP contribution in [0.15, 0.2) is 48.0 Å². The first-order valence-electron chi connectivity index (χ1n) is 7.46. The van der Waals surface area contributed by atoms with Gasteiger partial charge in [0.05, 0.1) is 5.00 Å². The number of aromatic nitrogens is 1. The lowest BCUT2D eigenvalue weighted by atomic mass is 10.1. The molecule has 1 aliphatic heterocycles. The maximum absolute atomic E-state index is 12.7. The van der Waals surface area contributed by atoms with Crippen molar-refractivity contribution >= 4 is 45.6 Å². The first kappa shape index (κ1) is 15.9. The van der Waals surface area contributed by atoms with E-state index in [1.165, 1.54) is 5.00 Å². The number of rotatable bonds is 2. The number of halogens is 1. The van der Waals surface area contributed by atoms with Crippen LogP contribution in [0.4, 0.5) is 5.00 Å². The third-order valence-electron chi connectivity index (χ3n) is 4.19. The predicted octanol–water partition coefficient (Wildman–Crippen LogP) is 3.61. The minimum absolute atomic E-state index is 0. The highest BCUT2D eigenvalue weighted by molar-refractivity contribution is 7.14. The number of carbonyl (C=O) groups excluding carboxylic acids is 1. The molecule has 1 amide bonds. The van der Waals surface area contributed by atoms with E-state index in [0.717, 1.165) is 42.6 Å². The Morgan fingerprint density at radius 2 is 1.91 bits per heavy atom. The molecule has 4 rings (SSSR count). The van der Waals surface area contributed by atoms with Crippen molar-refractivity contribution in [1.82, 2.24) is 9.88 Å². The number of amides is 1. The van der Waals surface area contributed by atoms with Crippen LogP contribution in [-0.4, -0.2) is 42.0 Å². The summed E-state index contributed by atoms with van der Waals surface area (Å²) in [6, 6.07) is 12.1. The molecule has 2 aromatic heterocycles. The lowest BCUT2D eigenvalue weighted by Crippen LogP contribution is -2.48. The van der Waals surface area contributed by atoms with Crippen LogP contribution < -0.4 is 4.90 Å². The number of anilines is 1. The Morgan fingerprint density at radius 1 is 1.09 bits per heavy atom. The van der Waals surface area contributed by atoms with Crippen molar-refractivity contribution in [2.75, 3.05) is 31.1 Å². The molecule has 23 heavy (non-hydrogen) atoms. The van der Waals surface area contributed by atoms with Gasteiger partial charge in [0.2, 0.25) is 0 Å². The number of aromatic amines is 1. The molecule has 120 valence electrons. The molecule has 0 aliphatic carbocycles. The molecular weight excluding hydrogens is 330 g/mol. The van der Waals surface area contributed by atoms with Crippen LogP contribution in [0.2, 0.25) is 0 Å². The van der Waals surface area contributed by atoms with Gasteiger partial charge in [0.15, 0.2) is 0 Å². The molecule has 0 bridgehead atoms. The van der Waals surface area contributed by atoms with Gasteiger partial charge < -0.3 is 14.8 Å². The average molecular weight is 348 g/mol.